The van der Waals surface area contributed by atoms with Gasteiger partial charge < -0.3 is 0 Å². The Morgan fingerprint density at radius 1 is 1.28 bits per heavy atom. The molecule has 4 nitrogen and oxygen atoms in total. The molecular weight excluding hydrogens is 228 g/mol. The van der Waals surface area contributed by atoms with E-state index in [2.05, 4.69) is 6.07 Å². The van der Waals surface area contributed by atoms with Crippen LogP contribution in [-0.2, 0) is 22.4 Å². The summed E-state index contributed by atoms with van der Waals surface area (Å²) in [6.07, 6.45) is 1.28. The fraction of sp³-hybridized carbons (Fsp3) is 0.357. The van der Waals surface area contributed by atoms with Crippen LogP contribution in [0.25, 0.3) is 0 Å². The molecule has 1 atom stereocenters. The first kappa shape index (κ1) is 12.3. The standard InChI is InChI=1S/C14H14N2O2/c1-16-13(17)9-12(14(16)18)8-11-4-2-10(3-5-11)6-7-15/h2-5,12H,6,8-9H2,1H3. The number of nitriles is 1. The Morgan fingerprint density at radius 3 is 2.39 bits per heavy atom. The lowest BCUT2D eigenvalue weighted by Crippen LogP contribution is -2.26. The average molecular weight is 242 g/mol. The Kier molecular flexibility index (Phi) is 3.42. The van der Waals surface area contributed by atoms with Crippen molar-refractivity contribution in [2.45, 2.75) is 19.3 Å². The number of rotatable bonds is 3. The van der Waals surface area contributed by atoms with Crippen LogP contribution in [-0.4, -0.2) is 23.8 Å². The van der Waals surface area contributed by atoms with Crippen LogP contribution < -0.4 is 0 Å². The summed E-state index contributed by atoms with van der Waals surface area (Å²) in [6.45, 7) is 0. The van der Waals surface area contributed by atoms with Gasteiger partial charge in [0.1, 0.15) is 0 Å². The minimum Gasteiger partial charge on any atom is -0.285 e. The Hall–Kier alpha value is -2.15. The number of nitrogens with zero attached hydrogens (tertiary/aromatic N) is 2. The number of amides is 2. The molecular formula is C14H14N2O2. The van der Waals surface area contributed by atoms with Crippen LogP contribution in [0.1, 0.15) is 17.5 Å². The molecule has 0 radical (unpaired) electrons. The molecule has 2 rings (SSSR count). The van der Waals surface area contributed by atoms with E-state index < -0.39 is 0 Å². The molecule has 0 spiro atoms. The fourth-order valence-electron chi connectivity index (χ4n) is 2.16. The van der Waals surface area contributed by atoms with Crippen LogP contribution in [0, 0.1) is 17.2 Å². The van der Waals surface area contributed by atoms with Crippen LogP contribution >= 0.6 is 0 Å². The number of hydrogen-bond acceptors (Lipinski definition) is 3. The third-order valence-electron chi connectivity index (χ3n) is 3.26. The van der Waals surface area contributed by atoms with Gasteiger partial charge >= 0.3 is 0 Å². The molecule has 1 fully saturated rings. The molecule has 1 aromatic carbocycles. The first-order valence-corrected chi connectivity index (χ1v) is 5.87. The minimum atomic E-state index is -0.232. The summed E-state index contributed by atoms with van der Waals surface area (Å²) in [6, 6.07) is 9.71. The van der Waals surface area contributed by atoms with Crippen molar-refractivity contribution in [1.29, 1.82) is 5.26 Å². The van der Waals surface area contributed by atoms with Crippen molar-refractivity contribution in [3.8, 4) is 6.07 Å². The first-order chi connectivity index (χ1) is 8.61. The van der Waals surface area contributed by atoms with Gasteiger partial charge in [0, 0.05) is 13.5 Å². The molecule has 92 valence electrons. The summed E-state index contributed by atoms with van der Waals surface area (Å²) in [4.78, 5) is 24.3. The van der Waals surface area contributed by atoms with E-state index in [1.807, 2.05) is 24.3 Å². The van der Waals surface area contributed by atoms with Crippen LogP contribution in [0.5, 0.6) is 0 Å². The zero-order valence-electron chi connectivity index (χ0n) is 10.2. The quantitative estimate of drug-likeness (QED) is 0.750. The predicted octanol–water partition coefficient (Wildman–Crippen LogP) is 1.30. The van der Waals surface area contributed by atoms with Crippen molar-refractivity contribution >= 4 is 11.8 Å². The van der Waals surface area contributed by atoms with Crippen molar-refractivity contribution in [3.05, 3.63) is 35.4 Å². The monoisotopic (exact) mass is 242 g/mol. The van der Waals surface area contributed by atoms with Gasteiger partial charge in [0.05, 0.1) is 18.4 Å². The second-order valence-electron chi connectivity index (χ2n) is 4.55. The van der Waals surface area contributed by atoms with Gasteiger partial charge in [-0.05, 0) is 17.5 Å². The Balaban J connectivity index is 2.04. The molecule has 0 aromatic heterocycles. The maximum absolute atomic E-state index is 11.8. The van der Waals surface area contributed by atoms with Gasteiger partial charge in [-0.3, -0.25) is 14.5 Å². The van der Waals surface area contributed by atoms with E-state index in [9.17, 15) is 9.59 Å². The third-order valence-corrected chi connectivity index (χ3v) is 3.26. The smallest absolute Gasteiger partial charge is 0.232 e. The summed E-state index contributed by atoms with van der Waals surface area (Å²) in [5.74, 6) is -0.434. The lowest BCUT2D eigenvalue weighted by atomic mass is 9.97. The zero-order chi connectivity index (χ0) is 13.1. The van der Waals surface area contributed by atoms with Gasteiger partial charge in [0.2, 0.25) is 11.8 Å². The number of carbonyl (C=O) groups is 2. The molecule has 1 aliphatic rings. The second kappa shape index (κ2) is 5.01. The molecule has 4 heteroatoms. The summed E-state index contributed by atoms with van der Waals surface area (Å²) in [5.41, 5.74) is 1.99. The van der Waals surface area contributed by atoms with Crippen LogP contribution in [0.15, 0.2) is 24.3 Å². The van der Waals surface area contributed by atoms with Gasteiger partial charge in [0.25, 0.3) is 0 Å². The van der Waals surface area contributed by atoms with Crippen molar-refractivity contribution in [2.24, 2.45) is 5.92 Å². The molecule has 0 saturated carbocycles. The molecule has 1 saturated heterocycles. The highest BCUT2D eigenvalue weighted by Crippen LogP contribution is 2.22. The van der Waals surface area contributed by atoms with Gasteiger partial charge in [-0.1, -0.05) is 24.3 Å². The van der Waals surface area contributed by atoms with Crippen molar-refractivity contribution in [3.63, 3.8) is 0 Å². The van der Waals surface area contributed by atoms with Crippen molar-refractivity contribution in [2.75, 3.05) is 7.05 Å². The SMILES string of the molecule is CN1C(=O)CC(Cc2ccc(CC#N)cc2)C1=O. The van der Waals surface area contributed by atoms with Crippen molar-refractivity contribution in [1.82, 2.24) is 4.90 Å². The molecule has 1 aliphatic heterocycles. The van der Waals surface area contributed by atoms with E-state index in [1.54, 1.807) is 0 Å². The lowest BCUT2D eigenvalue weighted by Gasteiger charge is -2.09. The number of likely N-dealkylation sites (tertiary alicyclic amines) is 1. The van der Waals surface area contributed by atoms with Crippen molar-refractivity contribution < 1.29 is 9.59 Å². The van der Waals surface area contributed by atoms with Gasteiger partial charge in [0.15, 0.2) is 0 Å². The maximum Gasteiger partial charge on any atom is 0.232 e. The van der Waals surface area contributed by atoms with Crippen LogP contribution in [0.3, 0.4) is 0 Å². The van der Waals surface area contributed by atoms with Gasteiger partial charge in [-0.2, -0.15) is 5.26 Å². The molecule has 1 aromatic rings. The highest BCUT2D eigenvalue weighted by Gasteiger charge is 2.35. The van der Waals surface area contributed by atoms with E-state index in [0.29, 0.717) is 19.3 Å². The molecule has 1 heterocycles. The molecule has 0 bridgehead atoms. The molecule has 18 heavy (non-hydrogen) atoms. The minimum absolute atomic E-state index is 0.0962. The fourth-order valence-corrected chi connectivity index (χ4v) is 2.16. The topological polar surface area (TPSA) is 61.2 Å². The van der Waals surface area contributed by atoms with Crippen LogP contribution in [0.2, 0.25) is 0 Å². The Morgan fingerprint density at radius 2 is 1.89 bits per heavy atom. The molecule has 1 unspecified atom stereocenters. The Bertz CT molecular complexity index is 514. The average Bonchev–Trinajstić information content (AvgIpc) is 2.60. The zero-order valence-corrected chi connectivity index (χ0v) is 10.2. The molecule has 0 N–H and O–H groups in total. The highest BCUT2D eigenvalue weighted by atomic mass is 16.2. The summed E-state index contributed by atoms with van der Waals surface area (Å²) >= 11 is 0. The van der Waals surface area contributed by atoms with Gasteiger partial charge in [-0.25, -0.2) is 0 Å². The molecule has 0 aliphatic carbocycles. The Labute approximate surface area is 106 Å². The molecule has 2 amide bonds. The summed E-state index contributed by atoms with van der Waals surface area (Å²) in [7, 11) is 1.53. The van der Waals surface area contributed by atoms with Crippen LogP contribution in [0.4, 0.5) is 0 Å². The number of hydrogen-bond donors (Lipinski definition) is 0. The van der Waals surface area contributed by atoms with Gasteiger partial charge in [-0.15, -0.1) is 0 Å². The normalized spacial score (nSPS) is 19.1. The van der Waals surface area contributed by atoms with E-state index >= 15 is 0 Å². The number of benzene rings is 1. The largest absolute Gasteiger partial charge is 0.285 e. The predicted molar refractivity (Wildman–Crippen MR) is 65.3 cm³/mol. The van der Waals surface area contributed by atoms with E-state index in [0.717, 1.165) is 11.1 Å². The lowest BCUT2D eigenvalue weighted by molar-refractivity contribution is -0.137. The first-order valence-electron chi connectivity index (χ1n) is 5.87. The van der Waals surface area contributed by atoms with E-state index in [4.69, 9.17) is 5.26 Å². The van der Waals surface area contributed by atoms with E-state index in [1.165, 1.54) is 11.9 Å². The number of imide groups is 1. The second-order valence-corrected chi connectivity index (χ2v) is 4.55. The summed E-state index contributed by atoms with van der Waals surface area (Å²) < 4.78 is 0. The summed E-state index contributed by atoms with van der Waals surface area (Å²) in [5, 5.41) is 8.57. The maximum atomic E-state index is 11.8. The highest BCUT2D eigenvalue weighted by molar-refractivity contribution is 6.03. The third kappa shape index (κ3) is 2.40. The number of carbonyl (C=O) groups excluding carboxylic acids is 2. The van der Waals surface area contributed by atoms with E-state index in [-0.39, 0.29) is 17.7 Å².